The Hall–Kier alpha value is -1.94. The molecule has 0 aliphatic carbocycles. The number of benzene rings is 1. The van der Waals surface area contributed by atoms with Crippen molar-refractivity contribution >= 4 is 17.5 Å². The summed E-state index contributed by atoms with van der Waals surface area (Å²) in [6.07, 6.45) is -0.623. The monoisotopic (exact) mass is 307 g/mol. The standard InChI is InChI=1S/C16H18ClNO3/c1-10-7-8-15(20-10)11(2)18-16(19)12(3)21-14-6-4-5-13(17)9-14/h4-9,11-12H,1-3H3,(H,18,19). The topological polar surface area (TPSA) is 51.5 Å². The lowest BCUT2D eigenvalue weighted by Crippen LogP contribution is -2.37. The summed E-state index contributed by atoms with van der Waals surface area (Å²) in [5, 5.41) is 3.42. The number of furan rings is 1. The SMILES string of the molecule is Cc1ccc(C(C)NC(=O)C(C)Oc2cccc(Cl)c2)o1. The number of nitrogens with one attached hydrogen (secondary N) is 1. The van der Waals surface area contributed by atoms with E-state index in [9.17, 15) is 4.79 Å². The largest absolute Gasteiger partial charge is 0.481 e. The third-order valence-electron chi connectivity index (χ3n) is 3.02. The normalized spacial score (nSPS) is 13.5. The Kier molecular flexibility index (Phi) is 4.91. The second-order valence-electron chi connectivity index (χ2n) is 4.90. The maximum atomic E-state index is 12.1. The third kappa shape index (κ3) is 4.26. The number of aryl methyl sites for hydroxylation is 1. The van der Waals surface area contributed by atoms with Crippen LogP contribution in [0.1, 0.15) is 31.4 Å². The first-order chi connectivity index (χ1) is 9.95. The molecule has 1 aromatic carbocycles. The van der Waals surface area contributed by atoms with Gasteiger partial charge in [-0.3, -0.25) is 4.79 Å². The van der Waals surface area contributed by atoms with Crippen molar-refractivity contribution in [2.75, 3.05) is 0 Å². The van der Waals surface area contributed by atoms with E-state index in [1.165, 1.54) is 0 Å². The summed E-state index contributed by atoms with van der Waals surface area (Å²) in [6, 6.07) is 10.5. The Morgan fingerprint density at radius 2 is 2.05 bits per heavy atom. The molecule has 5 heteroatoms. The van der Waals surface area contributed by atoms with Gasteiger partial charge in [-0.2, -0.15) is 0 Å². The molecule has 0 aliphatic heterocycles. The summed E-state index contributed by atoms with van der Waals surface area (Å²) in [5.41, 5.74) is 0. The Balaban J connectivity index is 1.93. The minimum absolute atomic E-state index is 0.211. The van der Waals surface area contributed by atoms with Crippen LogP contribution in [-0.2, 0) is 4.79 Å². The second-order valence-corrected chi connectivity index (χ2v) is 5.33. The number of carbonyl (C=O) groups excluding carboxylic acids is 1. The zero-order chi connectivity index (χ0) is 15.4. The van der Waals surface area contributed by atoms with Gasteiger partial charge in [0.05, 0.1) is 6.04 Å². The molecule has 1 N–H and O–H groups in total. The van der Waals surface area contributed by atoms with Crippen LogP contribution in [0, 0.1) is 6.92 Å². The van der Waals surface area contributed by atoms with Crippen molar-refractivity contribution in [3.8, 4) is 5.75 Å². The molecular formula is C16H18ClNO3. The van der Waals surface area contributed by atoms with Gasteiger partial charge in [0.1, 0.15) is 17.3 Å². The van der Waals surface area contributed by atoms with Gasteiger partial charge in [-0.05, 0) is 51.1 Å². The van der Waals surface area contributed by atoms with Gasteiger partial charge in [0.25, 0.3) is 5.91 Å². The van der Waals surface area contributed by atoms with Gasteiger partial charge in [-0.15, -0.1) is 0 Å². The lowest BCUT2D eigenvalue weighted by Gasteiger charge is -2.17. The van der Waals surface area contributed by atoms with Crippen molar-refractivity contribution in [1.82, 2.24) is 5.32 Å². The molecule has 112 valence electrons. The lowest BCUT2D eigenvalue weighted by molar-refractivity contribution is -0.128. The second kappa shape index (κ2) is 6.68. The van der Waals surface area contributed by atoms with Crippen molar-refractivity contribution in [2.45, 2.75) is 32.9 Å². The fourth-order valence-electron chi connectivity index (χ4n) is 1.89. The predicted octanol–water partition coefficient (Wildman–Crippen LogP) is 3.89. The number of hydrogen-bond acceptors (Lipinski definition) is 3. The molecule has 2 atom stereocenters. The van der Waals surface area contributed by atoms with Gasteiger partial charge in [-0.25, -0.2) is 0 Å². The molecule has 0 saturated heterocycles. The first-order valence-corrected chi connectivity index (χ1v) is 7.12. The Bertz CT molecular complexity index is 623. The van der Waals surface area contributed by atoms with Crippen LogP contribution in [0.2, 0.25) is 5.02 Å². The average molecular weight is 308 g/mol. The summed E-state index contributed by atoms with van der Waals surface area (Å²) in [5.74, 6) is 1.88. The maximum absolute atomic E-state index is 12.1. The van der Waals surface area contributed by atoms with Crippen LogP contribution in [0.4, 0.5) is 0 Å². The van der Waals surface area contributed by atoms with E-state index in [0.29, 0.717) is 10.8 Å². The fourth-order valence-corrected chi connectivity index (χ4v) is 2.07. The van der Waals surface area contributed by atoms with Gasteiger partial charge >= 0.3 is 0 Å². The fraction of sp³-hybridized carbons (Fsp3) is 0.312. The molecule has 0 fully saturated rings. The molecular weight excluding hydrogens is 290 g/mol. The van der Waals surface area contributed by atoms with E-state index >= 15 is 0 Å². The highest BCUT2D eigenvalue weighted by Crippen LogP contribution is 2.19. The summed E-state index contributed by atoms with van der Waals surface area (Å²) in [4.78, 5) is 12.1. The number of rotatable bonds is 5. The van der Waals surface area contributed by atoms with Gasteiger partial charge in [0, 0.05) is 5.02 Å². The number of hydrogen-bond donors (Lipinski definition) is 1. The number of amides is 1. The van der Waals surface area contributed by atoms with E-state index in [1.807, 2.05) is 26.0 Å². The van der Waals surface area contributed by atoms with Crippen LogP contribution in [0.3, 0.4) is 0 Å². The summed E-state index contributed by atoms with van der Waals surface area (Å²) in [7, 11) is 0. The number of halogens is 1. The molecule has 0 bridgehead atoms. The van der Waals surface area contributed by atoms with Gasteiger partial charge in [-0.1, -0.05) is 17.7 Å². The average Bonchev–Trinajstić information content (AvgIpc) is 2.85. The molecule has 0 radical (unpaired) electrons. The quantitative estimate of drug-likeness (QED) is 0.912. The molecule has 0 spiro atoms. The Labute approximate surface area is 129 Å². The predicted molar refractivity (Wildman–Crippen MR) is 81.5 cm³/mol. The number of ether oxygens (including phenoxy) is 1. The van der Waals surface area contributed by atoms with Crippen molar-refractivity contribution < 1.29 is 13.9 Å². The summed E-state index contributed by atoms with van der Waals surface area (Å²) < 4.78 is 11.1. The summed E-state index contributed by atoms with van der Waals surface area (Å²) >= 11 is 5.88. The first kappa shape index (κ1) is 15.4. The van der Waals surface area contributed by atoms with Crippen LogP contribution in [-0.4, -0.2) is 12.0 Å². The van der Waals surface area contributed by atoms with E-state index in [4.69, 9.17) is 20.8 Å². The van der Waals surface area contributed by atoms with Crippen LogP contribution < -0.4 is 10.1 Å². The third-order valence-corrected chi connectivity index (χ3v) is 3.26. The summed E-state index contributed by atoms with van der Waals surface area (Å²) in [6.45, 7) is 5.42. The first-order valence-electron chi connectivity index (χ1n) is 6.74. The minimum atomic E-state index is -0.623. The molecule has 1 heterocycles. The van der Waals surface area contributed by atoms with Crippen LogP contribution in [0.25, 0.3) is 0 Å². The van der Waals surface area contributed by atoms with E-state index in [1.54, 1.807) is 31.2 Å². The smallest absolute Gasteiger partial charge is 0.261 e. The molecule has 0 saturated carbocycles. The van der Waals surface area contributed by atoms with Gasteiger partial charge < -0.3 is 14.5 Å². The molecule has 2 rings (SSSR count). The molecule has 1 amide bonds. The van der Waals surface area contributed by atoms with Crippen LogP contribution in [0.15, 0.2) is 40.8 Å². The van der Waals surface area contributed by atoms with Crippen LogP contribution >= 0.6 is 11.6 Å². The number of carbonyl (C=O) groups is 1. The van der Waals surface area contributed by atoms with Gasteiger partial charge in [0.2, 0.25) is 0 Å². The van der Waals surface area contributed by atoms with Crippen molar-refractivity contribution in [2.24, 2.45) is 0 Å². The van der Waals surface area contributed by atoms with Crippen molar-refractivity contribution in [3.05, 3.63) is 52.9 Å². The van der Waals surface area contributed by atoms with Crippen molar-refractivity contribution in [3.63, 3.8) is 0 Å². The van der Waals surface area contributed by atoms with E-state index in [0.717, 1.165) is 11.5 Å². The minimum Gasteiger partial charge on any atom is -0.481 e. The highest BCUT2D eigenvalue weighted by atomic mass is 35.5. The van der Waals surface area contributed by atoms with E-state index in [-0.39, 0.29) is 11.9 Å². The van der Waals surface area contributed by atoms with Crippen molar-refractivity contribution in [1.29, 1.82) is 0 Å². The van der Waals surface area contributed by atoms with Crippen LogP contribution in [0.5, 0.6) is 5.75 Å². The Morgan fingerprint density at radius 3 is 2.67 bits per heavy atom. The zero-order valence-electron chi connectivity index (χ0n) is 12.2. The van der Waals surface area contributed by atoms with Gasteiger partial charge in [0.15, 0.2) is 6.10 Å². The van der Waals surface area contributed by atoms with E-state index < -0.39 is 6.10 Å². The maximum Gasteiger partial charge on any atom is 0.261 e. The highest BCUT2D eigenvalue weighted by Gasteiger charge is 2.19. The molecule has 1 aromatic heterocycles. The molecule has 0 aliphatic rings. The highest BCUT2D eigenvalue weighted by molar-refractivity contribution is 6.30. The molecule has 4 nitrogen and oxygen atoms in total. The lowest BCUT2D eigenvalue weighted by atomic mass is 10.2. The molecule has 2 unspecified atom stereocenters. The Morgan fingerprint density at radius 1 is 1.29 bits per heavy atom. The molecule has 2 aromatic rings. The molecule has 21 heavy (non-hydrogen) atoms. The van der Waals surface area contributed by atoms with E-state index in [2.05, 4.69) is 5.32 Å². The zero-order valence-corrected chi connectivity index (χ0v) is 13.0.